The standard InChI is InChI=1S/C20H30FN3O2.2ClH/c1-22-8-5-16-6-9-24(10-7-16)20(25)19(23-11-13-26-14-12-23)17-3-2-4-18(21)15-17;;/h2-4,15-16,19,22H,5-14H2,1H3;2*1H. The van der Waals surface area contributed by atoms with E-state index in [1.807, 2.05) is 18.0 Å². The zero-order valence-electron chi connectivity index (χ0n) is 16.4. The third kappa shape index (κ3) is 6.56. The highest BCUT2D eigenvalue weighted by Crippen LogP contribution is 2.28. The molecule has 1 amide bonds. The molecule has 0 radical (unpaired) electrons. The molecular formula is C20H32Cl2FN3O2. The van der Waals surface area contributed by atoms with Gasteiger partial charge in [-0.25, -0.2) is 4.39 Å². The summed E-state index contributed by atoms with van der Waals surface area (Å²) in [4.78, 5) is 17.4. The fraction of sp³-hybridized carbons (Fsp3) is 0.650. The van der Waals surface area contributed by atoms with Crippen molar-refractivity contribution in [3.63, 3.8) is 0 Å². The molecule has 2 saturated heterocycles. The summed E-state index contributed by atoms with van der Waals surface area (Å²) in [7, 11) is 1.98. The van der Waals surface area contributed by atoms with Crippen LogP contribution in [-0.4, -0.2) is 68.7 Å². The van der Waals surface area contributed by atoms with Crippen molar-refractivity contribution in [2.45, 2.75) is 25.3 Å². The number of nitrogens with one attached hydrogen (secondary N) is 1. The van der Waals surface area contributed by atoms with Crippen molar-refractivity contribution >= 4 is 30.7 Å². The number of ether oxygens (including phenoxy) is 1. The summed E-state index contributed by atoms with van der Waals surface area (Å²) in [6, 6.07) is 6.06. The molecule has 2 aliphatic heterocycles. The lowest BCUT2D eigenvalue weighted by Gasteiger charge is -2.39. The molecule has 1 aromatic rings. The summed E-state index contributed by atoms with van der Waals surface area (Å²) < 4.78 is 19.2. The number of carbonyl (C=O) groups excluding carboxylic acids is 1. The van der Waals surface area contributed by atoms with E-state index in [1.54, 1.807) is 6.07 Å². The zero-order chi connectivity index (χ0) is 18.4. The Hall–Kier alpha value is -0.920. The summed E-state index contributed by atoms with van der Waals surface area (Å²) in [5.74, 6) is 0.492. The average Bonchev–Trinajstić information content (AvgIpc) is 2.68. The summed E-state index contributed by atoms with van der Waals surface area (Å²) in [6.45, 7) is 5.25. The average molecular weight is 436 g/mol. The Morgan fingerprint density at radius 2 is 1.89 bits per heavy atom. The van der Waals surface area contributed by atoms with E-state index in [4.69, 9.17) is 4.74 Å². The van der Waals surface area contributed by atoms with Gasteiger partial charge >= 0.3 is 0 Å². The second kappa shape index (κ2) is 12.6. The second-order valence-electron chi connectivity index (χ2n) is 7.27. The van der Waals surface area contributed by atoms with E-state index in [1.165, 1.54) is 12.1 Å². The van der Waals surface area contributed by atoms with Gasteiger partial charge in [-0.2, -0.15) is 0 Å². The predicted molar refractivity (Wildman–Crippen MR) is 114 cm³/mol. The van der Waals surface area contributed by atoms with E-state index in [0.717, 1.165) is 44.5 Å². The molecule has 1 aromatic carbocycles. The fourth-order valence-corrected chi connectivity index (χ4v) is 3.99. The van der Waals surface area contributed by atoms with Crippen LogP contribution in [0.1, 0.15) is 30.9 Å². The molecule has 5 nitrogen and oxygen atoms in total. The second-order valence-corrected chi connectivity index (χ2v) is 7.27. The molecule has 1 atom stereocenters. The van der Waals surface area contributed by atoms with Gasteiger partial charge in [0.25, 0.3) is 0 Å². The molecule has 0 bridgehead atoms. The lowest BCUT2D eigenvalue weighted by molar-refractivity contribution is -0.140. The first-order valence-electron chi connectivity index (χ1n) is 9.69. The highest BCUT2D eigenvalue weighted by molar-refractivity contribution is 5.85. The number of halogens is 3. The number of amides is 1. The van der Waals surface area contributed by atoms with Gasteiger partial charge in [0, 0.05) is 26.2 Å². The lowest BCUT2D eigenvalue weighted by Crippen LogP contribution is -2.49. The number of likely N-dealkylation sites (tertiary alicyclic amines) is 1. The van der Waals surface area contributed by atoms with Gasteiger partial charge in [0.1, 0.15) is 11.9 Å². The molecule has 8 heteroatoms. The fourth-order valence-electron chi connectivity index (χ4n) is 3.99. The topological polar surface area (TPSA) is 44.8 Å². The van der Waals surface area contributed by atoms with Gasteiger partial charge in [-0.1, -0.05) is 12.1 Å². The van der Waals surface area contributed by atoms with Gasteiger partial charge in [0.2, 0.25) is 5.91 Å². The van der Waals surface area contributed by atoms with Crippen LogP contribution in [0.2, 0.25) is 0 Å². The molecule has 2 aliphatic rings. The van der Waals surface area contributed by atoms with Crippen LogP contribution in [0.4, 0.5) is 4.39 Å². The van der Waals surface area contributed by atoms with E-state index in [9.17, 15) is 9.18 Å². The first-order chi connectivity index (χ1) is 12.7. The Kier molecular flexibility index (Phi) is 11.3. The number of hydrogen-bond acceptors (Lipinski definition) is 4. The van der Waals surface area contributed by atoms with Crippen LogP contribution in [0, 0.1) is 11.7 Å². The molecule has 0 spiro atoms. The third-order valence-electron chi connectivity index (χ3n) is 5.54. The lowest BCUT2D eigenvalue weighted by atomic mass is 9.92. The van der Waals surface area contributed by atoms with E-state index < -0.39 is 6.04 Å². The van der Waals surface area contributed by atoms with Crippen molar-refractivity contribution in [2.24, 2.45) is 5.92 Å². The van der Waals surface area contributed by atoms with Gasteiger partial charge in [0.15, 0.2) is 0 Å². The molecule has 1 unspecified atom stereocenters. The Balaban J connectivity index is 0.00000196. The van der Waals surface area contributed by atoms with Gasteiger partial charge < -0.3 is 15.0 Å². The van der Waals surface area contributed by atoms with E-state index in [-0.39, 0.29) is 36.5 Å². The highest BCUT2D eigenvalue weighted by Gasteiger charge is 2.34. The minimum absolute atomic E-state index is 0. The van der Waals surface area contributed by atoms with Gasteiger partial charge in [0.05, 0.1) is 13.2 Å². The van der Waals surface area contributed by atoms with Crippen LogP contribution in [0.5, 0.6) is 0 Å². The minimum atomic E-state index is -0.413. The van der Waals surface area contributed by atoms with E-state index >= 15 is 0 Å². The van der Waals surface area contributed by atoms with Crippen LogP contribution >= 0.6 is 24.8 Å². The third-order valence-corrected chi connectivity index (χ3v) is 5.54. The molecule has 0 aromatic heterocycles. The molecule has 28 heavy (non-hydrogen) atoms. The Morgan fingerprint density at radius 1 is 1.21 bits per heavy atom. The molecule has 2 heterocycles. The van der Waals surface area contributed by atoms with Gasteiger partial charge in [-0.3, -0.25) is 9.69 Å². The van der Waals surface area contributed by atoms with Crippen molar-refractivity contribution in [3.8, 4) is 0 Å². The maximum Gasteiger partial charge on any atom is 0.244 e. The summed E-state index contributed by atoms with van der Waals surface area (Å²) >= 11 is 0. The normalized spacial score (nSPS) is 19.4. The molecule has 2 fully saturated rings. The molecule has 160 valence electrons. The van der Waals surface area contributed by atoms with Crippen LogP contribution in [-0.2, 0) is 9.53 Å². The number of morpholine rings is 1. The van der Waals surface area contributed by atoms with Crippen LogP contribution in [0.15, 0.2) is 24.3 Å². The first-order valence-corrected chi connectivity index (χ1v) is 9.69. The van der Waals surface area contributed by atoms with Crippen molar-refractivity contribution in [1.29, 1.82) is 0 Å². The van der Waals surface area contributed by atoms with Crippen LogP contribution in [0.3, 0.4) is 0 Å². The first kappa shape index (κ1) is 25.1. The maximum atomic E-state index is 13.8. The molecule has 3 rings (SSSR count). The Bertz CT molecular complexity index is 595. The summed E-state index contributed by atoms with van der Waals surface area (Å²) in [5, 5.41) is 3.20. The number of carbonyl (C=O) groups is 1. The van der Waals surface area contributed by atoms with Crippen LogP contribution < -0.4 is 5.32 Å². The van der Waals surface area contributed by atoms with Crippen molar-refractivity contribution in [3.05, 3.63) is 35.6 Å². The van der Waals surface area contributed by atoms with Crippen molar-refractivity contribution in [1.82, 2.24) is 15.1 Å². The van der Waals surface area contributed by atoms with E-state index in [0.29, 0.717) is 32.2 Å². The predicted octanol–water partition coefficient (Wildman–Crippen LogP) is 2.89. The Morgan fingerprint density at radius 3 is 2.50 bits per heavy atom. The molecule has 1 N–H and O–H groups in total. The minimum Gasteiger partial charge on any atom is -0.379 e. The Labute approximate surface area is 179 Å². The van der Waals surface area contributed by atoms with Crippen LogP contribution in [0.25, 0.3) is 0 Å². The number of benzene rings is 1. The number of piperidine rings is 1. The summed E-state index contributed by atoms with van der Waals surface area (Å²) in [5.41, 5.74) is 0.745. The number of nitrogens with zero attached hydrogens (tertiary/aromatic N) is 2. The SMILES string of the molecule is CNCCC1CCN(C(=O)C(c2cccc(F)c2)N2CCOCC2)CC1.Cl.Cl. The zero-order valence-corrected chi connectivity index (χ0v) is 18.1. The smallest absolute Gasteiger partial charge is 0.244 e. The molecular weight excluding hydrogens is 404 g/mol. The van der Waals surface area contributed by atoms with Crippen molar-refractivity contribution < 1.29 is 13.9 Å². The largest absolute Gasteiger partial charge is 0.379 e. The maximum absolute atomic E-state index is 13.8. The molecule has 0 saturated carbocycles. The highest BCUT2D eigenvalue weighted by atomic mass is 35.5. The summed E-state index contributed by atoms with van der Waals surface area (Å²) in [6.07, 6.45) is 3.26. The monoisotopic (exact) mass is 435 g/mol. The van der Waals surface area contributed by atoms with Crippen molar-refractivity contribution in [2.75, 3.05) is 53.0 Å². The van der Waals surface area contributed by atoms with E-state index in [2.05, 4.69) is 10.2 Å². The number of hydrogen-bond donors (Lipinski definition) is 1. The number of rotatable bonds is 6. The van der Waals surface area contributed by atoms with Gasteiger partial charge in [-0.15, -0.1) is 24.8 Å². The van der Waals surface area contributed by atoms with Gasteiger partial charge in [-0.05, 0) is 56.5 Å². The molecule has 0 aliphatic carbocycles. The quantitative estimate of drug-likeness (QED) is 0.745.